The number of rotatable bonds is 7. The predicted octanol–water partition coefficient (Wildman–Crippen LogP) is 2.31. The quantitative estimate of drug-likeness (QED) is 0.384. The molecule has 37 heavy (non-hydrogen) atoms. The molecule has 1 saturated heterocycles. The monoisotopic (exact) mass is 498 g/mol. The van der Waals surface area contributed by atoms with Crippen LogP contribution in [0.15, 0.2) is 47.3 Å². The van der Waals surface area contributed by atoms with Crippen molar-refractivity contribution in [2.75, 3.05) is 32.9 Å². The topological polar surface area (TPSA) is 115 Å². The van der Waals surface area contributed by atoms with Gasteiger partial charge in [-0.25, -0.2) is 9.36 Å². The van der Waals surface area contributed by atoms with E-state index in [1.807, 2.05) is 18.2 Å². The molecule has 6 rings (SSSR count). The van der Waals surface area contributed by atoms with Gasteiger partial charge in [0.2, 0.25) is 11.8 Å². The molecule has 1 amide bonds. The fourth-order valence-electron chi connectivity index (χ4n) is 4.63. The third-order valence-electron chi connectivity index (χ3n) is 6.87. The molecule has 0 atom stereocenters. The van der Waals surface area contributed by atoms with Gasteiger partial charge in [0.15, 0.2) is 0 Å². The molecule has 1 aliphatic carbocycles. The standard InChI is InChI=1S/C27H26N6O4/c28-14-19-7-8-22-23(13-19)29-33(27(22)37-17-18-5-6-18)15-24-20-3-1-2-4-21(20)26(35)32(30-24)16-25(34)31-9-11-36-12-10-31/h1-4,7-8,13,18H,5-6,9-12,15-17H2. The second-order valence-corrected chi connectivity index (χ2v) is 9.51. The zero-order valence-electron chi connectivity index (χ0n) is 20.3. The van der Waals surface area contributed by atoms with Crippen molar-refractivity contribution in [2.45, 2.75) is 25.9 Å². The molecule has 4 aromatic rings. The predicted molar refractivity (Wildman–Crippen MR) is 135 cm³/mol. The molecule has 0 spiro atoms. The summed E-state index contributed by atoms with van der Waals surface area (Å²) in [5.41, 5.74) is 1.47. The van der Waals surface area contributed by atoms with Crippen molar-refractivity contribution in [3.05, 3.63) is 64.1 Å². The van der Waals surface area contributed by atoms with E-state index in [1.165, 1.54) is 4.68 Å². The normalized spacial score (nSPS) is 15.7. The third-order valence-corrected chi connectivity index (χ3v) is 6.87. The Kier molecular flexibility index (Phi) is 6.06. The Morgan fingerprint density at radius 1 is 1.05 bits per heavy atom. The molecular weight excluding hydrogens is 472 g/mol. The Morgan fingerprint density at radius 2 is 1.84 bits per heavy atom. The molecule has 3 heterocycles. The Bertz CT molecular complexity index is 1590. The average molecular weight is 499 g/mol. The summed E-state index contributed by atoms with van der Waals surface area (Å²) in [4.78, 5) is 27.9. The van der Waals surface area contributed by atoms with Crippen molar-refractivity contribution < 1.29 is 14.3 Å². The fraction of sp³-hybridized carbons (Fsp3) is 0.370. The number of benzene rings is 2. The minimum atomic E-state index is -0.310. The first-order valence-corrected chi connectivity index (χ1v) is 12.5. The number of hydrogen-bond donors (Lipinski definition) is 0. The summed E-state index contributed by atoms with van der Waals surface area (Å²) in [5, 5.41) is 20.7. The fourth-order valence-corrected chi connectivity index (χ4v) is 4.63. The average Bonchev–Trinajstić information content (AvgIpc) is 3.70. The van der Waals surface area contributed by atoms with E-state index in [4.69, 9.17) is 14.6 Å². The third kappa shape index (κ3) is 4.66. The lowest BCUT2D eigenvalue weighted by molar-refractivity contribution is -0.136. The Morgan fingerprint density at radius 3 is 2.59 bits per heavy atom. The zero-order chi connectivity index (χ0) is 25.4. The SMILES string of the molecule is N#Cc1ccc2c(OCC3CC3)n(Cc3nn(CC(=O)N4CCOCC4)c(=O)c4ccccc34)nc2c1. The van der Waals surface area contributed by atoms with Crippen molar-refractivity contribution >= 4 is 27.6 Å². The van der Waals surface area contributed by atoms with Crippen LogP contribution in [0.5, 0.6) is 5.88 Å². The molecule has 2 aromatic heterocycles. The summed E-state index contributed by atoms with van der Waals surface area (Å²) in [6.45, 7) is 2.67. The molecule has 0 unspecified atom stereocenters. The van der Waals surface area contributed by atoms with Gasteiger partial charge in [0, 0.05) is 18.5 Å². The van der Waals surface area contributed by atoms with Crippen molar-refractivity contribution in [1.82, 2.24) is 24.5 Å². The number of carbonyl (C=O) groups is 1. The second-order valence-electron chi connectivity index (χ2n) is 9.51. The lowest BCUT2D eigenvalue weighted by Gasteiger charge is -2.27. The molecule has 1 saturated carbocycles. The summed E-state index contributed by atoms with van der Waals surface area (Å²) < 4.78 is 14.5. The second kappa shape index (κ2) is 9.67. The van der Waals surface area contributed by atoms with Crippen LogP contribution in [0.2, 0.25) is 0 Å². The van der Waals surface area contributed by atoms with Crippen LogP contribution in [-0.2, 0) is 22.6 Å². The molecular formula is C27H26N6O4. The van der Waals surface area contributed by atoms with Crippen molar-refractivity contribution in [1.29, 1.82) is 5.26 Å². The molecule has 10 heteroatoms. The highest BCUT2D eigenvalue weighted by atomic mass is 16.5. The van der Waals surface area contributed by atoms with Crippen LogP contribution in [-0.4, -0.2) is 63.3 Å². The van der Waals surface area contributed by atoms with Gasteiger partial charge in [0.05, 0.1) is 60.0 Å². The number of morpholine rings is 1. The largest absolute Gasteiger partial charge is 0.477 e. The lowest BCUT2D eigenvalue weighted by Crippen LogP contribution is -2.44. The number of fused-ring (bicyclic) bond motifs is 2. The number of carbonyl (C=O) groups excluding carboxylic acids is 1. The van der Waals surface area contributed by atoms with E-state index in [-0.39, 0.29) is 24.6 Å². The van der Waals surface area contributed by atoms with E-state index in [9.17, 15) is 14.9 Å². The summed E-state index contributed by atoms with van der Waals surface area (Å²) in [7, 11) is 0. The smallest absolute Gasteiger partial charge is 0.275 e. The van der Waals surface area contributed by atoms with Crippen LogP contribution in [0.3, 0.4) is 0 Å². The van der Waals surface area contributed by atoms with E-state index in [0.717, 1.165) is 18.2 Å². The zero-order valence-corrected chi connectivity index (χ0v) is 20.3. The number of nitriles is 1. The first kappa shape index (κ1) is 23.2. The minimum absolute atomic E-state index is 0.145. The first-order valence-electron chi connectivity index (χ1n) is 12.5. The van der Waals surface area contributed by atoms with Crippen LogP contribution in [0, 0.1) is 17.2 Å². The van der Waals surface area contributed by atoms with Gasteiger partial charge in [-0.3, -0.25) is 9.59 Å². The molecule has 2 fully saturated rings. The summed E-state index contributed by atoms with van der Waals surface area (Å²) in [5.74, 6) is 0.990. The molecule has 0 bridgehead atoms. The van der Waals surface area contributed by atoms with E-state index in [0.29, 0.717) is 72.3 Å². The van der Waals surface area contributed by atoms with Gasteiger partial charge < -0.3 is 14.4 Å². The van der Waals surface area contributed by atoms with Crippen LogP contribution in [0.1, 0.15) is 24.1 Å². The van der Waals surface area contributed by atoms with Crippen molar-refractivity contribution in [2.24, 2.45) is 5.92 Å². The van der Waals surface area contributed by atoms with Gasteiger partial charge in [-0.05, 0) is 43.0 Å². The minimum Gasteiger partial charge on any atom is -0.477 e. The summed E-state index contributed by atoms with van der Waals surface area (Å²) >= 11 is 0. The first-order chi connectivity index (χ1) is 18.1. The summed E-state index contributed by atoms with van der Waals surface area (Å²) in [6, 6.07) is 14.8. The number of aromatic nitrogens is 4. The number of hydrogen-bond acceptors (Lipinski definition) is 7. The van der Waals surface area contributed by atoms with Crippen LogP contribution in [0.25, 0.3) is 21.7 Å². The van der Waals surface area contributed by atoms with Gasteiger partial charge in [0.25, 0.3) is 5.56 Å². The highest BCUT2D eigenvalue weighted by Gasteiger charge is 2.25. The maximum absolute atomic E-state index is 13.2. The van der Waals surface area contributed by atoms with Gasteiger partial charge in [-0.1, -0.05) is 18.2 Å². The van der Waals surface area contributed by atoms with Gasteiger partial charge in [0.1, 0.15) is 6.54 Å². The van der Waals surface area contributed by atoms with E-state index < -0.39 is 0 Å². The molecule has 1 aliphatic heterocycles. The number of ether oxygens (including phenoxy) is 2. The van der Waals surface area contributed by atoms with Crippen LogP contribution < -0.4 is 10.3 Å². The summed E-state index contributed by atoms with van der Waals surface area (Å²) in [6.07, 6.45) is 2.30. The van der Waals surface area contributed by atoms with E-state index >= 15 is 0 Å². The Hall–Kier alpha value is -4.23. The number of nitrogens with zero attached hydrogens (tertiary/aromatic N) is 6. The van der Waals surface area contributed by atoms with Gasteiger partial charge in [-0.15, -0.1) is 0 Å². The van der Waals surface area contributed by atoms with E-state index in [2.05, 4.69) is 11.2 Å². The highest BCUT2D eigenvalue weighted by molar-refractivity contribution is 5.86. The Labute approximate surface area is 212 Å². The van der Waals surface area contributed by atoms with Crippen LogP contribution in [0.4, 0.5) is 0 Å². The molecule has 2 aromatic carbocycles. The number of amides is 1. The van der Waals surface area contributed by atoms with Crippen molar-refractivity contribution in [3.8, 4) is 11.9 Å². The Balaban J connectivity index is 1.40. The van der Waals surface area contributed by atoms with Crippen LogP contribution >= 0.6 is 0 Å². The maximum atomic E-state index is 13.2. The molecule has 0 N–H and O–H groups in total. The molecule has 188 valence electrons. The van der Waals surface area contributed by atoms with E-state index in [1.54, 1.807) is 33.8 Å². The molecule has 0 radical (unpaired) electrons. The van der Waals surface area contributed by atoms with Gasteiger partial charge in [-0.2, -0.15) is 15.5 Å². The highest BCUT2D eigenvalue weighted by Crippen LogP contribution is 2.33. The molecule has 10 nitrogen and oxygen atoms in total. The van der Waals surface area contributed by atoms with Gasteiger partial charge >= 0.3 is 0 Å². The lowest BCUT2D eigenvalue weighted by atomic mass is 10.1. The van der Waals surface area contributed by atoms with Crippen molar-refractivity contribution in [3.63, 3.8) is 0 Å². The maximum Gasteiger partial charge on any atom is 0.275 e. The molecule has 2 aliphatic rings.